The van der Waals surface area contributed by atoms with Crippen molar-refractivity contribution in [3.05, 3.63) is 94.8 Å². The number of rotatable bonds is 3. The summed E-state index contributed by atoms with van der Waals surface area (Å²) >= 11 is -0.119. The van der Waals surface area contributed by atoms with E-state index in [0.717, 1.165) is 31.0 Å². The number of aryl methyl sites for hydroxylation is 1. The fourth-order valence-corrected chi connectivity index (χ4v) is 4.95. The van der Waals surface area contributed by atoms with Crippen molar-refractivity contribution >= 4 is 34.8 Å². The molecule has 0 aliphatic rings. The van der Waals surface area contributed by atoms with Crippen LogP contribution >= 0.6 is 0 Å². The van der Waals surface area contributed by atoms with E-state index in [0.29, 0.717) is 5.58 Å². The van der Waals surface area contributed by atoms with Crippen LogP contribution in [0.5, 0.6) is 0 Å². The van der Waals surface area contributed by atoms with E-state index in [4.69, 9.17) is 4.42 Å². The van der Waals surface area contributed by atoms with Crippen molar-refractivity contribution in [1.82, 2.24) is 0 Å². The van der Waals surface area contributed by atoms with Gasteiger partial charge in [-0.25, -0.2) is 0 Å². The van der Waals surface area contributed by atoms with E-state index in [1.54, 1.807) is 0 Å². The van der Waals surface area contributed by atoms with E-state index >= 15 is 0 Å². The summed E-state index contributed by atoms with van der Waals surface area (Å²) in [6.07, 6.45) is 0. The predicted molar refractivity (Wildman–Crippen MR) is 104 cm³/mol. The van der Waals surface area contributed by atoms with Crippen molar-refractivity contribution in [1.29, 1.82) is 0 Å². The minimum absolute atomic E-state index is 0.119. The SMILES string of the molecule is Cc1ccc2c(-c3ccccc3)c([Se]c3ccccc3)c(=O)oc2c1. The first-order chi connectivity index (χ1) is 12.2. The van der Waals surface area contributed by atoms with Gasteiger partial charge in [-0.1, -0.05) is 0 Å². The van der Waals surface area contributed by atoms with Crippen LogP contribution in [0, 0.1) is 6.92 Å². The average Bonchev–Trinajstić information content (AvgIpc) is 2.64. The fraction of sp³-hybridized carbons (Fsp3) is 0.0455. The Bertz CT molecular complexity index is 1080. The molecule has 0 atom stereocenters. The Balaban J connectivity index is 2.02. The van der Waals surface area contributed by atoms with Crippen molar-refractivity contribution in [3.8, 4) is 11.1 Å². The van der Waals surface area contributed by atoms with Crippen molar-refractivity contribution in [2.75, 3.05) is 0 Å². The molecule has 0 spiro atoms. The van der Waals surface area contributed by atoms with Gasteiger partial charge >= 0.3 is 152 Å². The summed E-state index contributed by atoms with van der Waals surface area (Å²) in [5.74, 6) is 0. The molecule has 0 fully saturated rings. The molecule has 0 amide bonds. The first-order valence-electron chi connectivity index (χ1n) is 8.08. The van der Waals surface area contributed by atoms with Gasteiger partial charge in [-0.05, 0) is 0 Å². The van der Waals surface area contributed by atoms with Gasteiger partial charge in [0.15, 0.2) is 0 Å². The Morgan fingerprint density at radius 1 is 0.840 bits per heavy atom. The number of hydrogen-bond acceptors (Lipinski definition) is 2. The van der Waals surface area contributed by atoms with Crippen molar-refractivity contribution in [3.63, 3.8) is 0 Å². The zero-order valence-corrected chi connectivity index (χ0v) is 15.4. The van der Waals surface area contributed by atoms with E-state index in [1.165, 1.54) is 0 Å². The molecule has 122 valence electrons. The summed E-state index contributed by atoms with van der Waals surface area (Å²) in [6, 6.07) is 26.3. The normalized spacial score (nSPS) is 10.9. The topological polar surface area (TPSA) is 30.2 Å². The van der Waals surface area contributed by atoms with Gasteiger partial charge in [0.1, 0.15) is 0 Å². The molecule has 0 saturated heterocycles. The van der Waals surface area contributed by atoms with Gasteiger partial charge in [-0.2, -0.15) is 0 Å². The Labute approximate surface area is 152 Å². The minimum atomic E-state index is -0.235. The van der Waals surface area contributed by atoms with Crippen LogP contribution in [0.3, 0.4) is 0 Å². The molecule has 2 nitrogen and oxygen atoms in total. The summed E-state index contributed by atoms with van der Waals surface area (Å²) in [6.45, 7) is 2.00. The molecule has 0 aliphatic heterocycles. The Morgan fingerprint density at radius 2 is 1.52 bits per heavy atom. The molecule has 0 saturated carbocycles. The zero-order valence-electron chi connectivity index (χ0n) is 13.7. The molecule has 1 heterocycles. The third kappa shape index (κ3) is 3.17. The van der Waals surface area contributed by atoms with E-state index in [1.807, 2.05) is 49.4 Å². The quantitative estimate of drug-likeness (QED) is 0.396. The van der Waals surface area contributed by atoms with E-state index in [2.05, 4.69) is 36.4 Å². The van der Waals surface area contributed by atoms with Crippen LogP contribution < -0.4 is 14.5 Å². The van der Waals surface area contributed by atoms with Crippen LogP contribution in [0.25, 0.3) is 22.1 Å². The van der Waals surface area contributed by atoms with Crippen molar-refractivity contribution in [2.24, 2.45) is 0 Å². The third-order valence-electron chi connectivity index (χ3n) is 4.05. The maximum absolute atomic E-state index is 12.8. The number of hydrogen-bond donors (Lipinski definition) is 0. The van der Waals surface area contributed by atoms with Crippen molar-refractivity contribution < 1.29 is 4.42 Å². The molecule has 4 aromatic rings. The first kappa shape index (κ1) is 15.9. The van der Waals surface area contributed by atoms with Crippen LogP contribution in [0.2, 0.25) is 0 Å². The average molecular weight is 391 g/mol. The summed E-state index contributed by atoms with van der Waals surface area (Å²) in [7, 11) is 0. The zero-order chi connectivity index (χ0) is 17.2. The summed E-state index contributed by atoms with van der Waals surface area (Å²) in [5.41, 5.74) is 3.54. The van der Waals surface area contributed by atoms with Gasteiger partial charge in [0, 0.05) is 0 Å². The van der Waals surface area contributed by atoms with Crippen LogP contribution in [-0.2, 0) is 0 Å². The van der Waals surface area contributed by atoms with Gasteiger partial charge in [-0.15, -0.1) is 0 Å². The van der Waals surface area contributed by atoms with Crippen LogP contribution in [0.4, 0.5) is 0 Å². The Morgan fingerprint density at radius 3 is 2.24 bits per heavy atom. The molecule has 0 unspecified atom stereocenters. The molecule has 1 aromatic heterocycles. The molecule has 4 rings (SSSR count). The third-order valence-corrected chi connectivity index (χ3v) is 6.32. The Kier molecular flexibility index (Phi) is 4.27. The molecule has 3 aromatic carbocycles. The fourth-order valence-electron chi connectivity index (χ4n) is 2.88. The summed E-state index contributed by atoms with van der Waals surface area (Å²) in [4.78, 5) is 12.8. The molecule has 0 aliphatic carbocycles. The second-order valence-electron chi connectivity index (χ2n) is 5.87. The van der Waals surface area contributed by atoms with E-state index in [9.17, 15) is 4.79 Å². The molecule has 0 bridgehead atoms. The van der Waals surface area contributed by atoms with E-state index < -0.39 is 0 Å². The monoisotopic (exact) mass is 392 g/mol. The summed E-state index contributed by atoms with van der Waals surface area (Å²) < 4.78 is 7.59. The van der Waals surface area contributed by atoms with Gasteiger partial charge < -0.3 is 0 Å². The van der Waals surface area contributed by atoms with Gasteiger partial charge in [0.05, 0.1) is 0 Å². The van der Waals surface area contributed by atoms with Gasteiger partial charge in [-0.3, -0.25) is 0 Å². The number of fused-ring (bicyclic) bond motifs is 1. The molecule has 3 heteroatoms. The molecule has 0 radical (unpaired) electrons. The molecule has 25 heavy (non-hydrogen) atoms. The predicted octanol–water partition coefficient (Wildman–Crippen LogP) is 3.42. The van der Waals surface area contributed by atoms with Crippen LogP contribution in [-0.4, -0.2) is 15.0 Å². The second kappa shape index (κ2) is 6.72. The maximum atomic E-state index is 12.8. The Hall–Kier alpha value is -2.61. The van der Waals surface area contributed by atoms with Gasteiger partial charge in [0.2, 0.25) is 0 Å². The molecule has 0 N–H and O–H groups in total. The summed E-state index contributed by atoms with van der Waals surface area (Å²) in [5, 5.41) is 0.990. The molecular formula is C22H16O2Se. The molecular weight excluding hydrogens is 375 g/mol. The van der Waals surface area contributed by atoms with Crippen LogP contribution in [0.1, 0.15) is 5.56 Å². The van der Waals surface area contributed by atoms with E-state index in [-0.39, 0.29) is 20.6 Å². The van der Waals surface area contributed by atoms with Gasteiger partial charge in [0.25, 0.3) is 0 Å². The van der Waals surface area contributed by atoms with Crippen molar-refractivity contribution in [2.45, 2.75) is 6.92 Å². The first-order valence-corrected chi connectivity index (χ1v) is 9.79. The standard InChI is InChI=1S/C22H16O2Se/c1-15-12-13-18-19(14-15)24-22(23)21(25-17-10-6-3-7-11-17)20(18)16-8-4-2-5-9-16/h2-14H,1H3. The van der Waals surface area contributed by atoms with Crippen LogP contribution in [0.15, 0.2) is 88.1 Å². The number of benzene rings is 3. The second-order valence-corrected chi connectivity index (χ2v) is 8.15.